The SMILES string of the molecule is CCN(C)C(=O)c1c2c(cn(C3CC3)c1=O)CN(C(=O)c1cnn3ccccc13)CC2. The van der Waals surface area contributed by atoms with Crippen LogP contribution in [0.15, 0.2) is 41.6 Å². The average molecular weight is 419 g/mol. The van der Waals surface area contributed by atoms with E-state index in [9.17, 15) is 14.4 Å². The molecule has 5 rings (SSSR count). The Bertz CT molecular complexity index is 1250. The molecule has 4 heterocycles. The monoisotopic (exact) mass is 419 g/mol. The summed E-state index contributed by atoms with van der Waals surface area (Å²) >= 11 is 0. The number of carbonyl (C=O) groups is 2. The van der Waals surface area contributed by atoms with Crippen LogP contribution in [-0.4, -0.2) is 55.9 Å². The molecule has 31 heavy (non-hydrogen) atoms. The van der Waals surface area contributed by atoms with Crippen molar-refractivity contribution >= 4 is 17.3 Å². The summed E-state index contributed by atoms with van der Waals surface area (Å²) in [6.07, 6.45) is 7.66. The van der Waals surface area contributed by atoms with Gasteiger partial charge in [-0.2, -0.15) is 5.10 Å². The summed E-state index contributed by atoms with van der Waals surface area (Å²) in [5.41, 5.74) is 3.07. The fourth-order valence-corrected chi connectivity index (χ4v) is 4.30. The Labute approximate surface area is 179 Å². The number of hydrogen-bond donors (Lipinski definition) is 0. The molecule has 2 amide bonds. The summed E-state index contributed by atoms with van der Waals surface area (Å²) in [5, 5.41) is 4.28. The molecule has 0 radical (unpaired) electrons. The first-order valence-electron chi connectivity index (χ1n) is 10.7. The van der Waals surface area contributed by atoms with Gasteiger partial charge in [-0.05, 0) is 49.4 Å². The Morgan fingerprint density at radius 1 is 1.26 bits per heavy atom. The third-order valence-electron chi connectivity index (χ3n) is 6.34. The highest BCUT2D eigenvalue weighted by atomic mass is 16.2. The summed E-state index contributed by atoms with van der Waals surface area (Å²) in [4.78, 5) is 42.8. The maximum Gasteiger partial charge on any atom is 0.263 e. The molecule has 3 aromatic heterocycles. The topological polar surface area (TPSA) is 79.9 Å². The first-order chi connectivity index (χ1) is 15.0. The van der Waals surface area contributed by atoms with Crippen LogP contribution in [0.4, 0.5) is 0 Å². The minimum absolute atomic E-state index is 0.0884. The Morgan fingerprint density at radius 2 is 2.06 bits per heavy atom. The van der Waals surface area contributed by atoms with E-state index in [1.165, 1.54) is 0 Å². The van der Waals surface area contributed by atoms with Gasteiger partial charge < -0.3 is 14.4 Å². The molecule has 1 aliphatic carbocycles. The number of carbonyl (C=O) groups excluding carboxylic acids is 2. The van der Waals surface area contributed by atoms with Crippen molar-refractivity contribution in [3.8, 4) is 0 Å². The van der Waals surface area contributed by atoms with Gasteiger partial charge in [0.25, 0.3) is 17.4 Å². The van der Waals surface area contributed by atoms with Crippen LogP contribution in [-0.2, 0) is 13.0 Å². The van der Waals surface area contributed by atoms with Crippen LogP contribution >= 0.6 is 0 Å². The molecule has 0 spiro atoms. The largest absolute Gasteiger partial charge is 0.342 e. The molecule has 1 fully saturated rings. The Hall–Kier alpha value is -3.42. The predicted molar refractivity (Wildman–Crippen MR) is 115 cm³/mol. The lowest BCUT2D eigenvalue weighted by molar-refractivity contribution is 0.0735. The highest BCUT2D eigenvalue weighted by Crippen LogP contribution is 2.35. The van der Waals surface area contributed by atoms with Crippen molar-refractivity contribution in [2.75, 3.05) is 20.1 Å². The Morgan fingerprint density at radius 3 is 2.81 bits per heavy atom. The molecule has 1 saturated carbocycles. The van der Waals surface area contributed by atoms with Crippen LogP contribution < -0.4 is 5.56 Å². The Balaban J connectivity index is 1.53. The number of pyridine rings is 2. The van der Waals surface area contributed by atoms with Crippen LogP contribution in [0, 0.1) is 0 Å². The van der Waals surface area contributed by atoms with Crippen molar-refractivity contribution in [1.29, 1.82) is 0 Å². The summed E-state index contributed by atoms with van der Waals surface area (Å²) in [7, 11) is 1.71. The zero-order valence-electron chi connectivity index (χ0n) is 17.7. The zero-order chi connectivity index (χ0) is 21.7. The molecule has 160 valence electrons. The second-order valence-electron chi connectivity index (χ2n) is 8.34. The number of aromatic nitrogens is 3. The van der Waals surface area contributed by atoms with Crippen molar-refractivity contribution in [2.24, 2.45) is 0 Å². The molecule has 0 bridgehead atoms. The van der Waals surface area contributed by atoms with E-state index in [2.05, 4.69) is 5.10 Å². The van der Waals surface area contributed by atoms with Crippen molar-refractivity contribution < 1.29 is 9.59 Å². The van der Waals surface area contributed by atoms with E-state index in [1.54, 1.807) is 32.1 Å². The maximum atomic E-state index is 13.3. The summed E-state index contributed by atoms with van der Waals surface area (Å²) in [5.74, 6) is -0.323. The van der Waals surface area contributed by atoms with Gasteiger partial charge in [0.05, 0.1) is 17.3 Å². The molecule has 3 aromatic rings. The predicted octanol–water partition coefficient (Wildman–Crippen LogP) is 2.12. The molecular weight excluding hydrogens is 394 g/mol. The van der Waals surface area contributed by atoms with Crippen molar-refractivity contribution in [2.45, 2.75) is 38.8 Å². The number of amides is 2. The van der Waals surface area contributed by atoms with Gasteiger partial charge in [0.2, 0.25) is 0 Å². The average Bonchev–Trinajstić information content (AvgIpc) is 3.55. The summed E-state index contributed by atoms with van der Waals surface area (Å²) in [6.45, 7) is 3.26. The normalized spacial score (nSPS) is 15.7. The van der Waals surface area contributed by atoms with Crippen LogP contribution in [0.3, 0.4) is 0 Å². The van der Waals surface area contributed by atoms with Gasteiger partial charge in [0, 0.05) is 45.1 Å². The maximum absolute atomic E-state index is 13.3. The van der Waals surface area contributed by atoms with E-state index in [1.807, 2.05) is 37.5 Å². The Kier molecular flexibility index (Phi) is 4.64. The van der Waals surface area contributed by atoms with Gasteiger partial charge in [-0.15, -0.1) is 0 Å². The van der Waals surface area contributed by atoms with Crippen LogP contribution in [0.5, 0.6) is 0 Å². The van der Waals surface area contributed by atoms with Crippen LogP contribution in [0.25, 0.3) is 5.52 Å². The molecule has 1 aliphatic heterocycles. The molecule has 0 aromatic carbocycles. The van der Waals surface area contributed by atoms with Crippen LogP contribution in [0.2, 0.25) is 0 Å². The lowest BCUT2D eigenvalue weighted by Gasteiger charge is -2.31. The number of fused-ring (bicyclic) bond motifs is 2. The van der Waals surface area contributed by atoms with Crippen molar-refractivity contribution in [1.82, 2.24) is 24.0 Å². The smallest absolute Gasteiger partial charge is 0.263 e. The minimum atomic E-state index is -0.235. The van der Waals surface area contributed by atoms with E-state index >= 15 is 0 Å². The molecule has 0 unspecified atom stereocenters. The van der Waals surface area contributed by atoms with Crippen molar-refractivity contribution in [3.63, 3.8) is 0 Å². The van der Waals surface area contributed by atoms with Gasteiger partial charge in [-0.1, -0.05) is 6.07 Å². The third kappa shape index (κ3) is 3.22. The highest BCUT2D eigenvalue weighted by molar-refractivity contribution is 6.01. The molecular formula is C23H25N5O3. The van der Waals surface area contributed by atoms with E-state index in [-0.39, 0.29) is 29.0 Å². The molecule has 8 nitrogen and oxygen atoms in total. The zero-order valence-corrected chi connectivity index (χ0v) is 17.7. The summed E-state index contributed by atoms with van der Waals surface area (Å²) in [6, 6.07) is 5.78. The molecule has 8 heteroatoms. The van der Waals surface area contributed by atoms with Gasteiger partial charge in [0.15, 0.2) is 0 Å². The third-order valence-corrected chi connectivity index (χ3v) is 6.34. The summed E-state index contributed by atoms with van der Waals surface area (Å²) < 4.78 is 3.39. The second kappa shape index (κ2) is 7.37. The van der Waals surface area contributed by atoms with Crippen molar-refractivity contribution in [3.05, 3.63) is 69.4 Å². The van der Waals surface area contributed by atoms with E-state index in [0.717, 1.165) is 29.5 Å². The lowest BCUT2D eigenvalue weighted by atomic mass is 9.95. The number of rotatable bonds is 4. The fraction of sp³-hybridized carbons (Fsp3) is 0.391. The molecule has 0 saturated heterocycles. The number of nitrogens with zero attached hydrogens (tertiary/aromatic N) is 5. The quantitative estimate of drug-likeness (QED) is 0.649. The van der Waals surface area contributed by atoms with Crippen LogP contribution in [0.1, 0.15) is 57.7 Å². The van der Waals surface area contributed by atoms with E-state index < -0.39 is 0 Å². The first kappa shape index (κ1) is 19.5. The fourth-order valence-electron chi connectivity index (χ4n) is 4.30. The van der Waals surface area contributed by atoms with E-state index in [4.69, 9.17) is 0 Å². The van der Waals surface area contributed by atoms with Gasteiger partial charge in [0.1, 0.15) is 5.56 Å². The second-order valence-corrected chi connectivity index (χ2v) is 8.34. The highest BCUT2D eigenvalue weighted by Gasteiger charge is 2.33. The van der Waals surface area contributed by atoms with Gasteiger partial charge >= 0.3 is 0 Å². The molecule has 0 N–H and O–H groups in total. The number of hydrogen-bond acceptors (Lipinski definition) is 4. The standard InChI is InChI=1S/C23H25N5O3/c1-3-25(2)22(30)20-17-9-11-26(13-15(17)14-27(23(20)31)16-7-8-16)21(29)18-12-24-28-10-5-4-6-19(18)28/h4-6,10,12,14,16H,3,7-9,11,13H2,1-2H3. The molecule has 2 aliphatic rings. The van der Waals surface area contributed by atoms with Gasteiger partial charge in [-0.3, -0.25) is 14.4 Å². The minimum Gasteiger partial charge on any atom is -0.342 e. The first-order valence-corrected chi connectivity index (χ1v) is 10.7. The molecule has 0 atom stereocenters. The lowest BCUT2D eigenvalue weighted by Crippen LogP contribution is -2.41. The van der Waals surface area contributed by atoms with E-state index in [0.29, 0.717) is 31.6 Å². The van der Waals surface area contributed by atoms with Gasteiger partial charge in [-0.25, -0.2) is 4.52 Å².